The van der Waals surface area contributed by atoms with Crippen LogP contribution in [0.1, 0.15) is 51.9 Å². The Morgan fingerprint density at radius 1 is 1.12 bits per heavy atom. The number of carboxylic acids is 1. The molecule has 1 rings (SSSR count). The summed E-state index contributed by atoms with van der Waals surface area (Å²) >= 11 is 0. The number of nitrogens with zero attached hydrogens (tertiary/aromatic N) is 2. The second-order valence-corrected chi connectivity index (χ2v) is 8.16. The first-order valence-electron chi connectivity index (χ1n) is 11.2. The van der Waals surface area contributed by atoms with Crippen molar-refractivity contribution in [2.75, 3.05) is 19.6 Å². The molecule has 4 atom stereocenters. The van der Waals surface area contributed by atoms with Crippen molar-refractivity contribution in [1.29, 1.82) is 0 Å². The van der Waals surface area contributed by atoms with Crippen molar-refractivity contribution in [2.24, 2.45) is 27.9 Å². The molecule has 13 heteroatoms. The van der Waals surface area contributed by atoms with Crippen molar-refractivity contribution in [2.45, 2.75) is 76.0 Å². The number of unbranched alkanes of at least 4 members (excludes halogenated alkanes) is 1. The monoisotopic (exact) mass is 470 g/mol. The van der Waals surface area contributed by atoms with Crippen LogP contribution >= 0.6 is 0 Å². The summed E-state index contributed by atoms with van der Waals surface area (Å²) in [5.41, 5.74) is 22.1. The number of nitrogens with two attached hydrogens (primary N) is 4. The molecular formula is C20H38N8O5. The Bertz CT molecular complexity index is 713. The van der Waals surface area contributed by atoms with Crippen molar-refractivity contribution in [3.8, 4) is 0 Å². The number of carboxylic acid groups (broad SMARTS) is 1. The third-order valence-corrected chi connectivity index (χ3v) is 5.43. The van der Waals surface area contributed by atoms with E-state index < -0.39 is 42.0 Å². The van der Waals surface area contributed by atoms with Gasteiger partial charge in [0.05, 0.1) is 6.04 Å². The van der Waals surface area contributed by atoms with Crippen LogP contribution in [0.15, 0.2) is 4.99 Å². The zero-order valence-electron chi connectivity index (χ0n) is 19.2. The molecule has 3 amide bonds. The maximum absolute atomic E-state index is 13.0. The largest absolute Gasteiger partial charge is 0.480 e. The van der Waals surface area contributed by atoms with E-state index >= 15 is 0 Å². The summed E-state index contributed by atoms with van der Waals surface area (Å²) in [6.07, 6.45) is 3.47. The minimum atomic E-state index is -1.18. The van der Waals surface area contributed by atoms with E-state index in [2.05, 4.69) is 15.6 Å². The van der Waals surface area contributed by atoms with Crippen molar-refractivity contribution in [1.82, 2.24) is 15.5 Å². The second-order valence-electron chi connectivity index (χ2n) is 8.16. The summed E-state index contributed by atoms with van der Waals surface area (Å²) in [6, 6.07) is -3.58. The molecule has 0 aliphatic carbocycles. The molecule has 188 valence electrons. The van der Waals surface area contributed by atoms with Crippen LogP contribution in [0, 0.1) is 0 Å². The van der Waals surface area contributed by atoms with E-state index in [9.17, 15) is 19.2 Å². The highest BCUT2D eigenvalue weighted by Gasteiger charge is 2.37. The lowest BCUT2D eigenvalue weighted by atomic mass is 10.1. The quantitative estimate of drug-likeness (QED) is 0.0810. The molecule has 1 aliphatic rings. The Kier molecular flexibility index (Phi) is 12.1. The minimum Gasteiger partial charge on any atom is -0.480 e. The van der Waals surface area contributed by atoms with E-state index in [-0.39, 0.29) is 11.9 Å². The first kappa shape index (κ1) is 28.1. The molecule has 0 aromatic heterocycles. The van der Waals surface area contributed by atoms with Gasteiger partial charge in [0, 0.05) is 13.1 Å². The van der Waals surface area contributed by atoms with Crippen LogP contribution in [0.3, 0.4) is 0 Å². The summed E-state index contributed by atoms with van der Waals surface area (Å²) in [6.45, 7) is 2.50. The normalized spacial score (nSPS) is 18.2. The molecule has 13 nitrogen and oxygen atoms in total. The summed E-state index contributed by atoms with van der Waals surface area (Å²) in [5.74, 6) is -2.63. The molecule has 0 aromatic carbocycles. The van der Waals surface area contributed by atoms with E-state index in [1.807, 2.05) is 0 Å². The van der Waals surface area contributed by atoms with Crippen molar-refractivity contribution >= 4 is 29.7 Å². The Hall–Kier alpha value is -2.93. The zero-order chi connectivity index (χ0) is 25.0. The summed E-state index contributed by atoms with van der Waals surface area (Å²) in [5, 5.41) is 14.1. The second kappa shape index (κ2) is 14.3. The SMILES string of the molecule is CC(NC(=O)C(CCCCN)NC(=O)C1CCCN1C(=O)C(N)CCCN=C(N)N)C(=O)O. The molecule has 1 aliphatic heterocycles. The number of carbonyl (C=O) groups excluding carboxylic acids is 3. The van der Waals surface area contributed by atoms with Gasteiger partial charge in [0.15, 0.2) is 5.96 Å². The Labute approximate surface area is 193 Å². The number of hydrogen-bond acceptors (Lipinski definition) is 7. The highest BCUT2D eigenvalue weighted by Crippen LogP contribution is 2.19. The van der Waals surface area contributed by atoms with Gasteiger partial charge in [-0.1, -0.05) is 0 Å². The molecule has 0 bridgehead atoms. The minimum absolute atomic E-state index is 0.0334. The number of aliphatic carboxylic acids is 1. The van der Waals surface area contributed by atoms with Crippen LogP contribution in [0.25, 0.3) is 0 Å². The van der Waals surface area contributed by atoms with Crippen molar-refractivity contribution in [3.63, 3.8) is 0 Å². The molecule has 1 heterocycles. The molecule has 1 fully saturated rings. The van der Waals surface area contributed by atoms with Gasteiger partial charge in [0.2, 0.25) is 17.7 Å². The average molecular weight is 471 g/mol. The molecule has 11 N–H and O–H groups in total. The number of amides is 3. The summed E-state index contributed by atoms with van der Waals surface area (Å²) < 4.78 is 0. The number of aliphatic imine (C=N–C) groups is 1. The standard InChI is InChI=1S/C20H38N8O5/c1-12(19(32)33)26-16(29)14(7-2-3-9-21)27-17(30)15-8-5-11-28(15)18(31)13(22)6-4-10-25-20(23)24/h12-15H,2-11,21-22H2,1H3,(H,26,29)(H,27,30)(H,32,33)(H4,23,24,25). The molecular weight excluding hydrogens is 432 g/mol. The number of likely N-dealkylation sites (tertiary alicyclic amines) is 1. The van der Waals surface area contributed by atoms with Gasteiger partial charge in [-0.2, -0.15) is 0 Å². The average Bonchev–Trinajstić information content (AvgIpc) is 3.25. The van der Waals surface area contributed by atoms with Crippen LogP contribution in [-0.2, 0) is 19.2 Å². The Morgan fingerprint density at radius 3 is 2.42 bits per heavy atom. The van der Waals surface area contributed by atoms with Gasteiger partial charge in [0.1, 0.15) is 18.1 Å². The van der Waals surface area contributed by atoms with E-state index in [0.29, 0.717) is 64.6 Å². The van der Waals surface area contributed by atoms with Crippen molar-refractivity contribution in [3.05, 3.63) is 0 Å². The highest BCUT2D eigenvalue weighted by molar-refractivity contribution is 5.94. The molecule has 0 aromatic rings. The van der Waals surface area contributed by atoms with E-state index in [1.165, 1.54) is 11.8 Å². The van der Waals surface area contributed by atoms with Gasteiger partial charge in [0.25, 0.3) is 0 Å². The highest BCUT2D eigenvalue weighted by atomic mass is 16.4. The number of hydrogen-bond donors (Lipinski definition) is 7. The van der Waals surface area contributed by atoms with Gasteiger partial charge >= 0.3 is 5.97 Å². The fourth-order valence-electron chi connectivity index (χ4n) is 3.56. The first-order valence-corrected chi connectivity index (χ1v) is 11.2. The Morgan fingerprint density at radius 2 is 1.82 bits per heavy atom. The zero-order valence-corrected chi connectivity index (χ0v) is 19.2. The maximum Gasteiger partial charge on any atom is 0.325 e. The Balaban J connectivity index is 2.77. The summed E-state index contributed by atoms with van der Waals surface area (Å²) in [4.78, 5) is 54.7. The number of guanidine groups is 1. The van der Waals surface area contributed by atoms with Crippen LogP contribution in [-0.4, -0.2) is 83.5 Å². The van der Waals surface area contributed by atoms with Crippen LogP contribution in [0.2, 0.25) is 0 Å². The number of rotatable bonds is 14. The lowest BCUT2D eigenvalue weighted by molar-refractivity contribution is -0.142. The summed E-state index contributed by atoms with van der Waals surface area (Å²) in [7, 11) is 0. The van der Waals surface area contributed by atoms with Gasteiger partial charge in [-0.15, -0.1) is 0 Å². The van der Waals surface area contributed by atoms with Crippen LogP contribution in [0.4, 0.5) is 0 Å². The van der Waals surface area contributed by atoms with Gasteiger partial charge in [-0.25, -0.2) is 0 Å². The van der Waals surface area contributed by atoms with Gasteiger partial charge in [-0.3, -0.25) is 24.2 Å². The van der Waals surface area contributed by atoms with Gasteiger partial charge < -0.3 is 43.6 Å². The predicted molar refractivity (Wildman–Crippen MR) is 123 cm³/mol. The molecule has 0 radical (unpaired) electrons. The maximum atomic E-state index is 13.0. The third kappa shape index (κ3) is 9.61. The lowest BCUT2D eigenvalue weighted by Gasteiger charge is -2.28. The van der Waals surface area contributed by atoms with Crippen LogP contribution in [0.5, 0.6) is 0 Å². The van der Waals surface area contributed by atoms with Crippen LogP contribution < -0.4 is 33.6 Å². The molecule has 4 unspecified atom stereocenters. The predicted octanol–water partition coefficient (Wildman–Crippen LogP) is -2.44. The molecule has 0 spiro atoms. The number of carbonyl (C=O) groups is 4. The van der Waals surface area contributed by atoms with Gasteiger partial charge in [-0.05, 0) is 58.4 Å². The van der Waals surface area contributed by atoms with E-state index in [1.54, 1.807) is 0 Å². The first-order chi connectivity index (χ1) is 15.6. The lowest BCUT2D eigenvalue weighted by Crippen LogP contribution is -2.56. The smallest absolute Gasteiger partial charge is 0.325 e. The fourth-order valence-corrected chi connectivity index (χ4v) is 3.56. The molecule has 0 saturated carbocycles. The topological polar surface area (TPSA) is 232 Å². The third-order valence-electron chi connectivity index (χ3n) is 5.43. The van der Waals surface area contributed by atoms with Crippen molar-refractivity contribution < 1.29 is 24.3 Å². The fraction of sp³-hybridized carbons (Fsp3) is 0.750. The van der Waals surface area contributed by atoms with E-state index in [0.717, 1.165) is 0 Å². The molecule has 33 heavy (non-hydrogen) atoms. The molecule has 1 saturated heterocycles. The van der Waals surface area contributed by atoms with E-state index in [4.69, 9.17) is 28.0 Å². The number of nitrogens with one attached hydrogen (secondary N) is 2.